The van der Waals surface area contributed by atoms with Crippen molar-refractivity contribution in [3.8, 4) is 5.75 Å². The lowest BCUT2D eigenvalue weighted by atomic mass is 9.84. The van der Waals surface area contributed by atoms with Gasteiger partial charge >= 0.3 is 0 Å². The number of hydrogen-bond donors (Lipinski definition) is 3. The van der Waals surface area contributed by atoms with Crippen LogP contribution in [0.2, 0.25) is 5.02 Å². The first-order chi connectivity index (χ1) is 13.5. The number of ether oxygens (including phenoxy) is 1. The highest BCUT2D eigenvalue weighted by Crippen LogP contribution is 2.34. The van der Waals surface area contributed by atoms with E-state index < -0.39 is 17.4 Å². The van der Waals surface area contributed by atoms with Gasteiger partial charge in [-0.05, 0) is 30.5 Å². The normalized spacial score (nSPS) is 12.4. The van der Waals surface area contributed by atoms with Gasteiger partial charge in [-0.25, -0.2) is 0 Å². The predicted octanol–water partition coefficient (Wildman–Crippen LogP) is 3.37. The lowest BCUT2D eigenvalue weighted by Crippen LogP contribution is -2.26. The highest BCUT2D eigenvalue weighted by Gasteiger charge is 2.26. The van der Waals surface area contributed by atoms with Crippen LogP contribution in [0.25, 0.3) is 0 Å². The molecule has 4 N–H and O–H groups in total. The number of aliphatic hydroxyl groups is 1. The van der Waals surface area contributed by atoms with E-state index in [2.05, 4.69) is 10.3 Å². The predicted molar refractivity (Wildman–Crippen MR) is 112 cm³/mol. The number of benzene rings is 1. The number of rotatable bonds is 6. The summed E-state index contributed by atoms with van der Waals surface area (Å²) in [4.78, 5) is 28.7. The summed E-state index contributed by atoms with van der Waals surface area (Å²) in [5, 5.41) is 13.2. The van der Waals surface area contributed by atoms with Crippen LogP contribution < -0.4 is 15.8 Å². The Morgan fingerprint density at radius 3 is 2.52 bits per heavy atom. The molecule has 7 nitrogen and oxygen atoms in total. The van der Waals surface area contributed by atoms with E-state index in [0.29, 0.717) is 33.1 Å². The molecule has 1 atom stereocenters. The number of anilines is 1. The number of nitrogens with two attached hydrogens (primary N) is 1. The third-order valence-corrected chi connectivity index (χ3v) is 4.59. The van der Waals surface area contributed by atoms with Crippen molar-refractivity contribution in [1.82, 2.24) is 4.98 Å². The summed E-state index contributed by atoms with van der Waals surface area (Å²) in [5.74, 6) is -0.596. The fourth-order valence-corrected chi connectivity index (χ4v) is 3.49. The smallest absolute Gasteiger partial charge is 0.267 e. The van der Waals surface area contributed by atoms with Crippen molar-refractivity contribution < 1.29 is 19.4 Å². The molecule has 1 heterocycles. The zero-order chi connectivity index (χ0) is 21.9. The Hall–Kier alpha value is -2.64. The Bertz CT molecular complexity index is 936. The molecule has 2 amide bonds. The molecule has 0 aliphatic carbocycles. The maximum atomic E-state index is 12.8. The van der Waals surface area contributed by atoms with Crippen molar-refractivity contribution in [1.29, 1.82) is 0 Å². The van der Waals surface area contributed by atoms with E-state index in [4.69, 9.17) is 22.1 Å². The van der Waals surface area contributed by atoms with Crippen molar-refractivity contribution in [2.75, 3.05) is 12.4 Å². The van der Waals surface area contributed by atoms with E-state index in [1.807, 2.05) is 20.8 Å². The molecule has 0 aliphatic rings. The molecule has 0 aliphatic heterocycles. The standard InChI is InChI=1S/C21H26ClN3O4/c1-11(26)14-10-13(22)8-12(19(14)29-5)9-16(27)25-15-6-7-24-18(20(23)28)17(15)21(2,3)4/h6-8,10-11,26H,9H2,1-5H3,(H2,23,28)(H,24,25,27). The van der Waals surface area contributed by atoms with Crippen LogP contribution in [0.3, 0.4) is 0 Å². The Morgan fingerprint density at radius 2 is 2.00 bits per heavy atom. The zero-order valence-electron chi connectivity index (χ0n) is 17.2. The summed E-state index contributed by atoms with van der Waals surface area (Å²) < 4.78 is 5.40. The van der Waals surface area contributed by atoms with Crippen molar-refractivity contribution in [3.05, 3.63) is 51.8 Å². The summed E-state index contributed by atoms with van der Waals surface area (Å²) in [6, 6.07) is 4.85. The summed E-state index contributed by atoms with van der Waals surface area (Å²) in [6.07, 6.45) is 0.578. The van der Waals surface area contributed by atoms with Crippen LogP contribution >= 0.6 is 11.6 Å². The van der Waals surface area contributed by atoms with Crippen LogP contribution in [-0.4, -0.2) is 29.0 Å². The monoisotopic (exact) mass is 419 g/mol. The van der Waals surface area contributed by atoms with Crippen molar-refractivity contribution >= 4 is 29.1 Å². The number of primary amides is 1. The van der Waals surface area contributed by atoms with Gasteiger partial charge in [-0.2, -0.15) is 0 Å². The minimum absolute atomic E-state index is 0.0404. The SMILES string of the molecule is COc1c(CC(=O)Nc2ccnc(C(N)=O)c2C(C)(C)C)cc(Cl)cc1C(C)O. The van der Waals surface area contributed by atoms with Gasteiger partial charge in [0.1, 0.15) is 11.4 Å². The number of nitrogens with zero attached hydrogens (tertiary/aromatic N) is 1. The van der Waals surface area contributed by atoms with Crippen LogP contribution in [0.15, 0.2) is 24.4 Å². The number of halogens is 1. The number of aromatic nitrogens is 1. The van der Waals surface area contributed by atoms with Gasteiger partial charge in [0.15, 0.2) is 0 Å². The Balaban J connectivity index is 2.41. The molecule has 2 aromatic rings. The van der Waals surface area contributed by atoms with E-state index in [1.165, 1.54) is 13.3 Å². The minimum atomic E-state index is -0.809. The Kier molecular flexibility index (Phi) is 6.87. The van der Waals surface area contributed by atoms with Crippen LogP contribution in [0.5, 0.6) is 5.75 Å². The molecule has 0 radical (unpaired) electrons. The second kappa shape index (κ2) is 8.80. The second-order valence-electron chi connectivity index (χ2n) is 7.78. The molecular weight excluding hydrogens is 394 g/mol. The Labute approximate surface area is 175 Å². The van der Waals surface area contributed by atoms with Crippen molar-refractivity contribution in [3.63, 3.8) is 0 Å². The van der Waals surface area contributed by atoms with Gasteiger partial charge in [0.05, 0.1) is 19.6 Å². The molecule has 1 aromatic heterocycles. The highest BCUT2D eigenvalue weighted by molar-refractivity contribution is 6.30. The average Bonchev–Trinajstić information content (AvgIpc) is 2.59. The number of carbonyl (C=O) groups is 2. The first kappa shape index (κ1) is 22.6. The molecule has 0 fully saturated rings. The number of nitrogens with one attached hydrogen (secondary N) is 1. The minimum Gasteiger partial charge on any atom is -0.496 e. The number of aliphatic hydroxyl groups excluding tert-OH is 1. The molecule has 0 bridgehead atoms. The summed E-state index contributed by atoms with van der Waals surface area (Å²) in [6.45, 7) is 7.30. The van der Waals surface area contributed by atoms with E-state index in [0.717, 1.165) is 0 Å². The molecule has 0 saturated heterocycles. The van der Waals surface area contributed by atoms with Gasteiger partial charge in [0, 0.05) is 33.6 Å². The van der Waals surface area contributed by atoms with Crippen molar-refractivity contribution in [2.24, 2.45) is 5.73 Å². The Morgan fingerprint density at radius 1 is 1.34 bits per heavy atom. The van der Waals surface area contributed by atoms with E-state index in [-0.39, 0.29) is 18.0 Å². The van der Waals surface area contributed by atoms with Crippen LogP contribution in [0.4, 0.5) is 5.69 Å². The topological polar surface area (TPSA) is 115 Å². The number of carbonyl (C=O) groups excluding carboxylic acids is 2. The molecule has 8 heteroatoms. The van der Waals surface area contributed by atoms with E-state index >= 15 is 0 Å². The molecule has 2 rings (SSSR count). The fourth-order valence-electron chi connectivity index (χ4n) is 3.24. The number of methoxy groups -OCH3 is 1. The summed E-state index contributed by atoms with van der Waals surface area (Å²) in [7, 11) is 1.47. The maximum Gasteiger partial charge on any atom is 0.267 e. The number of amides is 2. The third-order valence-electron chi connectivity index (χ3n) is 4.37. The van der Waals surface area contributed by atoms with E-state index in [1.54, 1.807) is 25.1 Å². The molecule has 29 heavy (non-hydrogen) atoms. The van der Waals surface area contributed by atoms with Crippen molar-refractivity contribution in [2.45, 2.75) is 45.6 Å². The molecule has 0 saturated carbocycles. The van der Waals surface area contributed by atoms with Crippen LogP contribution in [0, 0.1) is 0 Å². The van der Waals surface area contributed by atoms with Gasteiger partial charge in [-0.1, -0.05) is 32.4 Å². The average molecular weight is 420 g/mol. The second-order valence-corrected chi connectivity index (χ2v) is 8.22. The quantitative estimate of drug-likeness (QED) is 0.664. The van der Waals surface area contributed by atoms with Gasteiger partial charge in [-0.3, -0.25) is 14.6 Å². The lowest BCUT2D eigenvalue weighted by Gasteiger charge is -2.25. The fraction of sp³-hybridized carbons (Fsp3) is 0.381. The first-order valence-electron chi connectivity index (χ1n) is 9.09. The molecule has 1 aromatic carbocycles. The maximum absolute atomic E-state index is 12.8. The lowest BCUT2D eigenvalue weighted by molar-refractivity contribution is -0.115. The number of hydrogen-bond acceptors (Lipinski definition) is 5. The molecule has 1 unspecified atom stereocenters. The number of pyridine rings is 1. The van der Waals surface area contributed by atoms with Crippen LogP contribution in [-0.2, 0) is 16.6 Å². The summed E-state index contributed by atoms with van der Waals surface area (Å²) in [5.41, 5.74) is 7.16. The third kappa shape index (κ3) is 5.25. The summed E-state index contributed by atoms with van der Waals surface area (Å²) >= 11 is 6.15. The molecule has 156 valence electrons. The zero-order valence-corrected chi connectivity index (χ0v) is 17.9. The highest BCUT2D eigenvalue weighted by atomic mass is 35.5. The van der Waals surface area contributed by atoms with Gasteiger partial charge < -0.3 is 20.9 Å². The van der Waals surface area contributed by atoms with Gasteiger partial charge in [0.25, 0.3) is 5.91 Å². The van der Waals surface area contributed by atoms with Gasteiger partial charge in [-0.15, -0.1) is 0 Å². The van der Waals surface area contributed by atoms with E-state index in [9.17, 15) is 14.7 Å². The van der Waals surface area contributed by atoms with Gasteiger partial charge in [0.2, 0.25) is 5.91 Å². The molecule has 0 spiro atoms. The molecular formula is C21H26ClN3O4. The van der Waals surface area contributed by atoms with Crippen LogP contribution in [0.1, 0.15) is 61.0 Å². The first-order valence-corrected chi connectivity index (χ1v) is 9.47. The largest absolute Gasteiger partial charge is 0.496 e.